The van der Waals surface area contributed by atoms with Gasteiger partial charge in [-0.1, -0.05) is 48.5 Å². The van der Waals surface area contributed by atoms with Crippen LogP contribution >= 0.6 is 0 Å². The van der Waals surface area contributed by atoms with Crippen LogP contribution in [0.4, 0.5) is 0 Å². The number of rotatable bonds is 14. The number of hydrogen-bond acceptors (Lipinski definition) is 9. The first kappa shape index (κ1) is 32.7. The lowest BCUT2D eigenvalue weighted by Gasteiger charge is -2.44. The molecule has 1 aromatic heterocycles. The van der Waals surface area contributed by atoms with Crippen LogP contribution in [0.5, 0.6) is 11.5 Å². The fourth-order valence-corrected chi connectivity index (χ4v) is 6.78. The highest BCUT2D eigenvalue weighted by Gasteiger charge is 2.45. The number of aliphatic hydroxyl groups excluding tert-OH is 1. The Labute approximate surface area is 274 Å². The predicted octanol–water partition coefficient (Wildman–Crippen LogP) is 3.98. The van der Waals surface area contributed by atoms with Crippen LogP contribution in [0.2, 0.25) is 0 Å². The third kappa shape index (κ3) is 7.36. The summed E-state index contributed by atoms with van der Waals surface area (Å²) in [5.74, 6) is 0.193. The van der Waals surface area contributed by atoms with E-state index in [-0.39, 0.29) is 17.4 Å². The van der Waals surface area contributed by atoms with Gasteiger partial charge in [0.15, 0.2) is 0 Å². The molecule has 0 aliphatic carbocycles. The molecule has 3 atom stereocenters. The molecule has 5 N–H and O–H groups in total. The number of benzene rings is 3. The minimum absolute atomic E-state index is 0.0374. The number of pyridine rings is 1. The number of phenols is 1. The number of esters is 1. The first-order valence-corrected chi connectivity index (χ1v) is 16.5. The Bertz CT molecular complexity index is 1720. The van der Waals surface area contributed by atoms with Crippen LogP contribution in [-0.2, 0) is 15.1 Å². The zero-order chi connectivity index (χ0) is 32.8. The van der Waals surface area contributed by atoms with E-state index in [2.05, 4.69) is 15.2 Å². The molecule has 1 unspecified atom stereocenters. The number of hydrogen-bond donors (Lipinski definition) is 5. The van der Waals surface area contributed by atoms with Crippen molar-refractivity contribution in [2.75, 3.05) is 39.3 Å². The molecule has 2 bridgehead atoms. The van der Waals surface area contributed by atoms with Crippen molar-refractivity contribution in [2.45, 2.75) is 49.9 Å². The number of unbranched alkanes of at least 4 members (excludes halogenated alkanes) is 2. The van der Waals surface area contributed by atoms with Gasteiger partial charge in [0.25, 0.3) is 0 Å². The zero-order valence-corrected chi connectivity index (χ0v) is 26.4. The molecule has 10 heteroatoms. The standard InChI is InChI=1S/C37H43N3O7/c41-31-14-12-29(30-13-15-34(43)39-35(30)31)32(42)23-38-18-5-2-6-21-46-28-11-7-10-27(22-28)37(45,26-8-3-1-4-9-26)36(44)47-33-24-40-19-16-25(33)17-20-40/h1,3-4,7-15,22,25,32-33,38,41-42,45H,2,5-6,16-21,23-24H2,(H,39,43)/t32-,33-,37?/m0/s1. The van der Waals surface area contributed by atoms with Gasteiger partial charge in [-0.25, -0.2) is 4.79 Å². The van der Waals surface area contributed by atoms with E-state index in [0.717, 1.165) is 45.2 Å². The monoisotopic (exact) mass is 641 g/mol. The quantitative estimate of drug-likeness (QED) is 0.102. The summed E-state index contributed by atoms with van der Waals surface area (Å²) in [5.41, 5.74) is -0.482. The molecular formula is C37H43N3O7. The summed E-state index contributed by atoms with van der Waals surface area (Å²) in [6.07, 6.45) is 3.55. The number of aromatic nitrogens is 1. The van der Waals surface area contributed by atoms with Gasteiger partial charge in [-0.3, -0.25) is 9.69 Å². The van der Waals surface area contributed by atoms with E-state index < -0.39 is 17.7 Å². The molecule has 3 aliphatic rings. The first-order valence-electron chi connectivity index (χ1n) is 16.5. The summed E-state index contributed by atoms with van der Waals surface area (Å²) in [5, 5.41) is 36.7. The Balaban J connectivity index is 0.992. The van der Waals surface area contributed by atoms with E-state index >= 15 is 0 Å². The van der Waals surface area contributed by atoms with Gasteiger partial charge in [-0.05, 0) is 93.0 Å². The van der Waals surface area contributed by atoms with E-state index in [9.17, 15) is 24.9 Å². The molecule has 3 fully saturated rings. The number of aliphatic hydroxyl groups is 2. The predicted molar refractivity (Wildman–Crippen MR) is 178 cm³/mol. The first-order chi connectivity index (χ1) is 22.8. The fraction of sp³-hybridized carbons (Fsp3) is 0.405. The van der Waals surface area contributed by atoms with Crippen LogP contribution in [-0.4, -0.2) is 76.6 Å². The van der Waals surface area contributed by atoms with Crippen LogP contribution in [0, 0.1) is 5.92 Å². The van der Waals surface area contributed by atoms with E-state index in [1.807, 2.05) is 12.1 Å². The topological polar surface area (TPSA) is 144 Å². The molecule has 248 valence electrons. The third-order valence-corrected chi connectivity index (χ3v) is 9.46. The maximum absolute atomic E-state index is 13.7. The number of phenolic OH excluding ortho intramolecular Hbond substituents is 1. The van der Waals surface area contributed by atoms with Crippen molar-refractivity contribution in [3.63, 3.8) is 0 Å². The highest BCUT2D eigenvalue weighted by molar-refractivity contribution is 5.87. The number of H-pyrrole nitrogens is 1. The molecule has 4 heterocycles. The summed E-state index contributed by atoms with van der Waals surface area (Å²) in [6.45, 7) is 4.27. The average molecular weight is 642 g/mol. The van der Waals surface area contributed by atoms with Crippen molar-refractivity contribution < 1.29 is 29.6 Å². The summed E-state index contributed by atoms with van der Waals surface area (Å²) < 4.78 is 12.1. The molecule has 7 rings (SSSR count). The van der Waals surface area contributed by atoms with Crippen LogP contribution in [0.1, 0.15) is 54.9 Å². The maximum atomic E-state index is 13.7. The van der Waals surface area contributed by atoms with Gasteiger partial charge < -0.3 is 35.1 Å². The molecule has 4 aromatic rings. The van der Waals surface area contributed by atoms with Crippen molar-refractivity contribution in [1.82, 2.24) is 15.2 Å². The summed E-state index contributed by atoms with van der Waals surface area (Å²) in [6, 6.07) is 22.1. The Morgan fingerprint density at radius 2 is 1.77 bits per heavy atom. The lowest BCUT2D eigenvalue weighted by atomic mass is 9.84. The number of aromatic amines is 1. The number of ether oxygens (including phenoxy) is 2. The normalized spacial score (nSPS) is 20.9. The van der Waals surface area contributed by atoms with Gasteiger partial charge in [0.05, 0.1) is 18.2 Å². The molecule has 0 amide bonds. The molecule has 0 saturated carbocycles. The van der Waals surface area contributed by atoms with Gasteiger partial charge in [-0.2, -0.15) is 0 Å². The summed E-state index contributed by atoms with van der Waals surface area (Å²) in [7, 11) is 0. The summed E-state index contributed by atoms with van der Waals surface area (Å²) >= 11 is 0. The molecule has 3 aliphatic heterocycles. The van der Waals surface area contributed by atoms with Crippen LogP contribution in [0.3, 0.4) is 0 Å². The lowest BCUT2D eigenvalue weighted by molar-refractivity contribution is -0.177. The van der Waals surface area contributed by atoms with Crippen LogP contribution in [0.25, 0.3) is 10.9 Å². The minimum Gasteiger partial charge on any atom is -0.506 e. The van der Waals surface area contributed by atoms with E-state index in [4.69, 9.17) is 9.47 Å². The number of piperidine rings is 3. The van der Waals surface area contributed by atoms with Gasteiger partial charge in [0.1, 0.15) is 17.6 Å². The molecule has 0 radical (unpaired) electrons. The fourth-order valence-electron chi connectivity index (χ4n) is 6.78. The number of carbonyl (C=O) groups excluding carboxylic acids is 1. The van der Waals surface area contributed by atoms with Gasteiger partial charge in [0.2, 0.25) is 11.2 Å². The number of aromatic hydroxyl groups is 1. The third-order valence-electron chi connectivity index (χ3n) is 9.46. The molecular weight excluding hydrogens is 598 g/mol. The van der Waals surface area contributed by atoms with E-state index in [0.29, 0.717) is 65.5 Å². The number of fused-ring (bicyclic) bond motifs is 4. The second kappa shape index (κ2) is 14.7. The largest absolute Gasteiger partial charge is 0.506 e. The second-order valence-electron chi connectivity index (χ2n) is 12.6. The number of nitrogens with one attached hydrogen (secondary N) is 2. The number of nitrogens with zero attached hydrogens (tertiary/aromatic N) is 1. The Morgan fingerprint density at radius 1 is 0.979 bits per heavy atom. The minimum atomic E-state index is -1.97. The second-order valence-corrected chi connectivity index (χ2v) is 12.6. The maximum Gasteiger partial charge on any atom is 0.348 e. The zero-order valence-electron chi connectivity index (χ0n) is 26.4. The van der Waals surface area contributed by atoms with Crippen molar-refractivity contribution in [1.29, 1.82) is 0 Å². The molecule has 3 aromatic carbocycles. The Kier molecular flexibility index (Phi) is 10.2. The van der Waals surface area contributed by atoms with Crippen molar-refractivity contribution in [2.24, 2.45) is 5.92 Å². The highest BCUT2D eigenvalue weighted by atomic mass is 16.6. The Morgan fingerprint density at radius 3 is 2.53 bits per heavy atom. The SMILES string of the molecule is O=C(O[C@H]1CN2CCC1CC2)C(O)(c1ccccc1)c1cccc(OCCCCCNC[C@H](O)c2ccc(O)c3[nH]c(=O)ccc23)c1. The Hall–Kier alpha value is -4.22. The van der Waals surface area contributed by atoms with Gasteiger partial charge in [0, 0.05) is 30.1 Å². The van der Waals surface area contributed by atoms with Crippen LogP contribution < -0.4 is 15.6 Å². The molecule has 3 saturated heterocycles. The molecule has 47 heavy (non-hydrogen) atoms. The average Bonchev–Trinajstić information content (AvgIpc) is 3.10. The van der Waals surface area contributed by atoms with Gasteiger partial charge in [-0.15, -0.1) is 0 Å². The van der Waals surface area contributed by atoms with Crippen molar-refractivity contribution >= 4 is 16.9 Å². The smallest absolute Gasteiger partial charge is 0.348 e. The number of carbonyl (C=O) groups is 1. The van der Waals surface area contributed by atoms with Gasteiger partial charge >= 0.3 is 5.97 Å². The van der Waals surface area contributed by atoms with E-state index in [1.165, 1.54) is 12.1 Å². The van der Waals surface area contributed by atoms with E-state index in [1.54, 1.807) is 54.6 Å². The lowest BCUT2D eigenvalue weighted by Crippen LogP contribution is -2.53. The molecule has 10 nitrogen and oxygen atoms in total. The van der Waals surface area contributed by atoms with Crippen LogP contribution in [0.15, 0.2) is 83.7 Å². The molecule has 0 spiro atoms. The van der Waals surface area contributed by atoms with Crippen molar-refractivity contribution in [3.8, 4) is 11.5 Å². The van der Waals surface area contributed by atoms with Crippen molar-refractivity contribution in [3.05, 3.63) is 106 Å². The highest BCUT2D eigenvalue weighted by Crippen LogP contribution is 2.36. The summed E-state index contributed by atoms with van der Waals surface area (Å²) in [4.78, 5) is 30.3.